The molecule has 2 aromatic rings. The average molecular weight is 576 g/mol. The summed E-state index contributed by atoms with van der Waals surface area (Å²) in [6.45, 7) is 4.07. The summed E-state index contributed by atoms with van der Waals surface area (Å²) in [7, 11) is 0. The summed E-state index contributed by atoms with van der Waals surface area (Å²) >= 11 is 9.27. The van der Waals surface area contributed by atoms with Gasteiger partial charge in [-0.05, 0) is 67.0 Å². The average Bonchev–Trinajstić information content (AvgIpc) is 2.82. The Labute approximate surface area is 218 Å². The summed E-state index contributed by atoms with van der Waals surface area (Å²) in [4.78, 5) is 13.3. The molecule has 4 atom stereocenters. The number of amides is 1. The Bertz CT molecular complexity index is 941. The second kappa shape index (κ2) is 13.1. The number of rotatable bonds is 10. The van der Waals surface area contributed by atoms with E-state index in [2.05, 4.69) is 33.5 Å². The van der Waals surface area contributed by atoms with Crippen molar-refractivity contribution in [3.05, 3.63) is 69.2 Å². The SMILES string of the molecule is CCCOCCN[C@@H]1CC[C@@H](C(=O)NC(c2ccc(Cl)cc2)C(F)(F)F)[C@H](c2ccc(Br)cc2)C1. The largest absolute Gasteiger partial charge is 0.412 e. The fraction of sp³-hybridized carbons (Fsp3) is 0.500. The minimum atomic E-state index is -4.63. The predicted molar refractivity (Wildman–Crippen MR) is 136 cm³/mol. The van der Waals surface area contributed by atoms with Crippen LogP contribution in [0.1, 0.15) is 55.7 Å². The quantitative estimate of drug-likeness (QED) is 0.307. The molecule has 2 aromatic carbocycles. The molecular weight excluding hydrogens is 545 g/mol. The predicted octanol–water partition coefficient (Wildman–Crippen LogP) is 6.79. The topological polar surface area (TPSA) is 50.4 Å². The molecule has 1 aliphatic rings. The first-order valence-corrected chi connectivity index (χ1v) is 13.0. The molecule has 9 heteroatoms. The Morgan fingerprint density at radius 1 is 1.11 bits per heavy atom. The van der Waals surface area contributed by atoms with Gasteiger partial charge in [0, 0.05) is 34.6 Å². The number of halogens is 5. The number of nitrogens with one attached hydrogen (secondary N) is 2. The van der Waals surface area contributed by atoms with Gasteiger partial charge >= 0.3 is 6.18 Å². The minimum Gasteiger partial charge on any atom is -0.380 e. The van der Waals surface area contributed by atoms with Crippen LogP contribution >= 0.6 is 27.5 Å². The molecule has 1 unspecified atom stereocenters. The maximum Gasteiger partial charge on any atom is 0.412 e. The van der Waals surface area contributed by atoms with Gasteiger partial charge in [0.25, 0.3) is 0 Å². The van der Waals surface area contributed by atoms with Crippen LogP contribution in [-0.2, 0) is 9.53 Å². The third kappa shape index (κ3) is 8.20. The van der Waals surface area contributed by atoms with Crippen LogP contribution in [0.2, 0.25) is 5.02 Å². The molecule has 192 valence electrons. The first-order chi connectivity index (χ1) is 16.7. The van der Waals surface area contributed by atoms with E-state index >= 15 is 0 Å². The van der Waals surface area contributed by atoms with Crippen LogP contribution in [0, 0.1) is 5.92 Å². The molecule has 0 saturated heterocycles. The van der Waals surface area contributed by atoms with Crippen LogP contribution in [0.3, 0.4) is 0 Å². The van der Waals surface area contributed by atoms with Crippen molar-refractivity contribution < 1.29 is 22.7 Å². The molecule has 3 rings (SSSR count). The van der Waals surface area contributed by atoms with Gasteiger partial charge in [0.2, 0.25) is 5.91 Å². The van der Waals surface area contributed by atoms with Gasteiger partial charge < -0.3 is 15.4 Å². The molecule has 1 saturated carbocycles. The summed E-state index contributed by atoms with van der Waals surface area (Å²) in [5, 5.41) is 6.12. The van der Waals surface area contributed by atoms with Crippen LogP contribution < -0.4 is 10.6 Å². The van der Waals surface area contributed by atoms with Gasteiger partial charge in [-0.1, -0.05) is 58.7 Å². The number of benzene rings is 2. The van der Waals surface area contributed by atoms with Crippen molar-refractivity contribution >= 4 is 33.4 Å². The van der Waals surface area contributed by atoms with Crippen LogP contribution in [0.4, 0.5) is 13.2 Å². The fourth-order valence-electron chi connectivity index (χ4n) is 4.59. The lowest BCUT2D eigenvalue weighted by atomic mass is 9.73. The zero-order chi connectivity index (χ0) is 25.4. The molecule has 0 bridgehead atoms. The van der Waals surface area contributed by atoms with Crippen molar-refractivity contribution in [1.29, 1.82) is 0 Å². The van der Waals surface area contributed by atoms with E-state index in [9.17, 15) is 18.0 Å². The van der Waals surface area contributed by atoms with E-state index < -0.39 is 24.0 Å². The van der Waals surface area contributed by atoms with Crippen molar-refractivity contribution in [1.82, 2.24) is 10.6 Å². The lowest BCUT2D eigenvalue weighted by Gasteiger charge is -2.37. The molecular formula is C26H31BrClF3N2O2. The molecule has 4 nitrogen and oxygen atoms in total. The van der Waals surface area contributed by atoms with Crippen molar-refractivity contribution in [2.75, 3.05) is 19.8 Å². The highest BCUT2D eigenvalue weighted by atomic mass is 79.9. The van der Waals surface area contributed by atoms with Crippen LogP contribution in [0.5, 0.6) is 0 Å². The maximum absolute atomic E-state index is 13.9. The molecule has 1 aliphatic carbocycles. The van der Waals surface area contributed by atoms with Gasteiger partial charge in [-0.2, -0.15) is 13.2 Å². The number of carbonyl (C=O) groups is 1. The molecule has 35 heavy (non-hydrogen) atoms. The van der Waals surface area contributed by atoms with E-state index in [1.807, 2.05) is 24.3 Å². The van der Waals surface area contributed by atoms with Gasteiger partial charge in [0.05, 0.1) is 6.61 Å². The molecule has 0 spiro atoms. The summed E-state index contributed by atoms with van der Waals surface area (Å²) < 4.78 is 48.2. The van der Waals surface area contributed by atoms with Gasteiger partial charge in [-0.3, -0.25) is 4.79 Å². The zero-order valence-electron chi connectivity index (χ0n) is 19.6. The lowest BCUT2D eigenvalue weighted by Crippen LogP contribution is -2.46. The Hall–Kier alpha value is -1.61. The van der Waals surface area contributed by atoms with Crippen LogP contribution in [-0.4, -0.2) is 37.9 Å². The summed E-state index contributed by atoms with van der Waals surface area (Å²) in [6.07, 6.45) is -1.82. The van der Waals surface area contributed by atoms with E-state index in [0.29, 0.717) is 44.0 Å². The molecule has 2 N–H and O–H groups in total. The molecule has 1 amide bonds. The monoisotopic (exact) mass is 574 g/mol. The van der Waals surface area contributed by atoms with Crippen LogP contribution in [0.25, 0.3) is 0 Å². The third-order valence-electron chi connectivity index (χ3n) is 6.33. The van der Waals surface area contributed by atoms with Crippen molar-refractivity contribution in [3.8, 4) is 0 Å². The number of hydrogen-bond donors (Lipinski definition) is 2. The van der Waals surface area contributed by atoms with Crippen molar-refractivity contribution in [3.63, 3.8) is 0 Å². The Morgan fingerprint density at radius 3 is 2.43 bits per heavy atom. The second-order valence-electron chi connectivity index (χ2n) is 8.88. The number of ether oxygens (including phenoxy) is 1. The lowest BCUT2D eigenvalue weighted by molar-refractivity contribution is -0.165. The smallest absolute Gasteiger partial charge is 0.380 e. The first kappa shape index (κ1) is 28.0. The summed E-state index contributed by atoms with van der Waals surface area (Å²) in [5.41, 5.74) is 0.898. The third-order valence-corrected chi connectivity index (χ3v) is 7.11. The van der Waals surface area contributed by atoms with Gasteiger partial charge in [0.15, 0.2) is 6.04 Å². The van der Waals surface area contributed by atoms with E-state index in [1.165, 1.54) is 24.3 Å². The number of alkyl halides is 3. The molecule has 0 aliphatic heterocycles. The van der Waals surface area contributed by atoms with E-state index in [4.69, 9.17) is 16.3 Å². The number of hydrogen-bond acceptors (Lipinski definition) is 3. The number of carbonyl (C=O) groups excluding carboxylic acids is 1. The highest BCUT2D eigenvalue weighted by Gasteiger charge is 2.44. The standard InChI is InChI=1S/C26H31BrClF3N2O2/c1-2-14-35-15-13-32-21-11-12-22(23(16-21)17-3-7-19(27)8-4-17)25(34)33-24(26(29,30)31)18-5-9-20(28)10-6-18/h3-10,21-24,32H,2,11-16H2,1H3,(H,33,34)/t21-,22-,23+,24?/m1/s1. The minimum absolute atomic E-state index is 0.0436. The zero-order valence-corrected chi connectivity index (χ0v) is 21.9. The highest BCUT2D eigenvalue weighted by molar-refractivity contribution is 9.10. The molecule has 0 aromatic heterocycles. The van der Waals surface area contributed by atoms with E-state index in [1.54, 1.807) is 0 Å². The second-order valence-corrected chi connectivity index (χ2v) is 10.2. The normalized spacial score (nSPS) is 21.5. The summed E-state index contributed by atoms with van der Waals surface area (Å²) in [5.74, 6) is -1.35. The summed E-state index contributed by atoms with van der Waals surface area (Å²) in [6, 6.07) is 11.1. The fourth-order valence-corrected chi connectivity index (χ4v) is 4.98. The van der Waals surface area contributed by atoms with E-state index in [0.717, 1.165) is 16.5 Å². The van der Waals surface area contributed by atoms with Gasteiger partial charge in [-0.25, -0.2) is 0 Å². The van der Waals surface area contributed by atoms with Crippen LogP contribution in [0.15, 0.2) is 53.0 Å². The van der Waals surface area contributed by atoms with Gasteiger partial charge in [0.1, 0.15) is 0 Å². The Kier molecular flexibility index (Phi) is 10.5. The highest BCUT2D eigenvalue weighted by Crippen LogP contribution is 2.40. The van der Waals surface area contributed by atoms with Crippen molar-refractivity contribution in [2.45, 2.75) is 56.8 Å². The molecule has 0 radical (unpaired) electrons. The Balaban J connectivity index is 1.76. The Morgan fingerprint density at radius 2 is 1.80 bits per heavy atom. The first-order valence-electron chi connectivity index (χ1n) is 11.9. The molecule has 1 fully saturated rings. The van der Waals surface area contributed by atoms with Crippen molar-refractivity contribution in [2.24, 2.45) is 5.92 Å². The van der Waals surface area contributed by atoms with E-state index in [-0.39, 0.29) is 17.5 Å². The van der Waals surface area contributed by atoms with Gasteiger partial charge in [-0.15, -0.1) is 0 Å². The maximum atomic E-state index is 13.9. The molecule has 0 heterocycles.